The van der Waals surface area contributed by atoms with Crippen molar-refractivity contribution in [2.45, 2.75) is 73.1 Å². The molecule has 2 N–H and O–H groups in total. The van der Waals surface area contributed by atoms with E-state index in [1.54, 1.807) is 12.1 Å². The molecule has 6 heteroatoms. The Morgan fingerprint density at radius 3 is 1.94 bits per heavy atom. The highest BCUT2D eigenvalue weighted by molar-refractivity contribution is 6.09. The van der Waals surface area contributed by atoms with Gasteiger partial charge in [-0.1, -0.05) is 33.8 Å². The molecule has 0 unspecified atom stereocenters. The Hall–Kier alpha value is -2.63. The molecule has 2 aliphatic carbocycles. The SMILES string of the molecule is CCN(CC)c1ccc([C@H](C2=C(O)CC(C)(C)CC2=O)C2C(=O)CC(C)(C)CC2=O)c(O)c1. The van der Waals surface area contributed by atoms with Crippen LogP contribution in [-0.2, 0) is 14.4 Å². The van der Waals surface area contributed by atoms with Crippen molar-refractivity contribution >= 4 is 23.0 Å². The number of aliphatic hydroxyl groups is 1. The van der Waals surface area contributed by atoms with E-state index < -0.39 is 22.7 Å². The fourth-order valence-electron chi connectivity index (χ4n) is 5.51. The first-order valence-corrected chi connectivity index (χ1v) is 11.9. The lowest BCUT2D eigenvalue weighted by Crippen LogP contribution is -2.43. The molecular weight excluding hydrogens is 418 g/mol. The molecule has 0 saturated heterocycles. The van der Waals surface area contributed by atoms with E-state index in [1.807, 2.05) is 47.6 Å². The average Bonchev–Trinajstić information content (AvgIpc) is 2.65. The van der Waals surface area contributed by atoms with Crippen molar-refractivity contribution in [1.82, 2.24) is 0 Å². The first kappa shape index (κ1) is 25.0. The molecule has 0 bridgehead atoms. The van der Waals surface area contributed by atoms with Crippen LogP contribution >= 0.6 is 0 Å². The van der Waals surface area contributed by atoms with Gasteiger partial charge in [0.2, 0.25) is 0 Å². The minimum absolute atomic E-state index is 0.0761. The van der Waals surface area contributed by atoms with E-state index in [2.05, 4.69) is 4.90 Å². The molecular formula is C27H37NO5. The zero-order valence-corrected chi connectivity index (χ0v) is 20.7. The van der Waals surface area contributed by atoms with Crippen molar-refractivity contribution in [1.29, 1.82) is 0 Å². The molecule has 1 aromatic carbocycles. The molecule has 2 aliphatic rings. The average molecular weight is 456 g/mol. The molecule has 180 valence electrons. The normalized spacial score (nSPS) is 21.9. The molecule has 0 aliphatic heterocycles. The number of benzene rings is 1. The first-order chi connectivity index (χ1) is 15.3. The molecule has 0 heterocycles. The molecule has 0 spiro atoms. The molecule has 33 heavy (non-hydrogen) atoms. The number of rotatable bonds is 6. The van der Waals surface area contributed by atoms with Gasteiger partial charge in [-0.05, 0) is 30.7 Å². The second-order valence-electron chi connectivity index (χ2n) is 11.1. The van der Waals surface area contributed by atoms with E-state index in [0.717, 1.165) is 18.8 Å². The lowest BCUT2D eigenvalue weighted by Gasteiger charge is -2.39. The number of anilines is 1. The van der Waals surface area contributed by atoms with Gasteiger partial charge < -0.3 is 15.1 Å². The highest BCUT2D eigenvalue weighted by Crippen LogP contribution is 2.49. The molecule has 6 nitrogen and oxygen atoms in total. The number of carbonyl (C=O) groups is 3. The number of carbonyl (C=O) groups excluding carboxylic acids is 3. The van der Waals surface area contributed by atoms with Gasteiger partial charge in [0, 0.05) is 67.6 Å². The van der Waals surface area contributed by atoms with Gasteiger partial charge in [0.25, 0.3) is 0 Å². The number of Topliss-reactive ketones (excluding diaryl/α,β-unsaturated/α-hetero) is 3. The summed E-state index contributed by atoms with van der Waals surface area (Å²) in [6.07, 6.45) is 0.920. The van der Waals surface area contributed by atoms with E-state index in [-0.39, 0.29) is 60.1 Å². The van der Waals surface area contributed by atoms with E-state index in [9.17, 15) is 24.6 Å². The van der Waals surface area contributed by atoms with Crippen LogP contribution in [0.2, 0.25) is 0 Å². The summed E-state index contributed by atoms with van der Waals surface area (Å²) in [5.74, 6) is -3.00. The summed E-state index contributed by atoms with van der Waals surface area (Å²) in [4.78, 5) is 41.9. The third kappa shape index (κ3) is 4.99. The van der Waals surface area contributed by atoms with Crippen molar-refractivity contribution in [3.05, 3.63) is 35.1 Å². The fraction of sp³-hybridized carbons (Fsp3) is 0.593. The van der Waals surface area contributed by atoms with Gasteiger partial charge in [0.1, 0.15) is 23.1 Å². The number of aromatic hydroxyl groups is 1. The lowest BCUT2D eigenvalue weighted by atomic mass is 9.62. The number of hydrogen-bond donors (Lipinski definition) is 2. The molecule has 0 amide bonds. The molecule has 1 aromatic rings. The maximum atomic E-state index is 13.3. The zero-order valence-electron chi connectivity index (χ0n) is 20.7. The molecule has 3 rings (SSSR count). The standard InChI is InChI=1S/C27H37NO5/c1-7-28(8-2)16-9-10-17(18(29)11-16)23(24-19(30)12-26(3,4)13-20(24)31)25-21(32)14-27(5,6)15-22(25)33/h9-11,23-24,29,32H,7-8,12-15H2,1-6H3/t23-/m0/s1. The second kappa shape index (κ2) is 8.96. The summed E-state index contributed by atoms with van der Waals surface area (Å²) in [5, 5.41) is 22.0. The van der Waals surface area contributed by atoms with E-state index in [4.69, 9.17) is 0 Å². The highest BCUT2D eigenvalue weighted by atomic mass is 16.3. The van der Waals surface area contributed by atoms with Crippen molar-refractivity contribution in [3.8, 4) is 5.75 Å². The Morgan fingerprint density at radius 1 is 0.909 bits per heavy atom. The van der Waals surface area contributed by atoms with Crippen LogP contribution in [-0.4, -0.2) is 40.7 Å². The van der Waals surface area contributed by atoms with E-state index in [1.165, 1.54) is 0 Å². The quantitative estimate of drug-likeness (QED) is 0.580. The van der Waals surface area contributed by atoms with E-state index >= 15 is 0 Å². The monoisotopic (exact) mass is 455 g/mol. The van der Waals surface area contributed by atoms with Crippen LogP contribution in [0.1, 0.15) is 78.7 Å². The van der Waals surface area contributed by atoms with Crippen molar-refractivity contribution in [3.63, 3.8) is 0 Å². The maximum absolute atomic E-state index is 13.3. The van der Waals surface area contributed by atoms with Crippen LogP contribution in [0.5, 0.6) is 5.75 Å². The van der Waals surface area contributed by atoms with Crippen LogP contribution in [0, 0.1) is 16.7 Å². The number of phenols is 1. The molecule has 0 radical (unpaired) electrons. The third-order valence-corrected chi connectivity index (χ3v) is 7.02. The fourth-order valence-corrected chi connectivity index (χ4v) is 5.51. The van der Waals surface area contributed by atoms with Crippen LogP contribution in [0.25, 0.3) is 0 Å². The van der Waals surface area contributed by atoms with Gasteiger partial charge in [0.15, 0.2) is 5.78 Å². The van der Waals surface area contributed by atoms with Gasteiger partial charge >= 0.3 is 0 Å². The summed E-state index contributed by atoms with van der Waals surface area (Å²) in [6, 6.07) is 5.15. The number of aliphatic hydroxyl groups excluding tert-OH is 1. The molecule has 1 saturated carbocycles. The first-order valence-electron chi connectivity index (χ1n) is 11.9. The lowest BCUT2D eigenvalue weighted by molar-refractivity contribution is -0.140. The summed E-state index contributed by atoms with van der Waals surface area (Å²) < 4.78 is 0. The summed E-state index contributed by atoms with van der Waals surface area (Å²) in [7, 11) is 0. The number of ketones is 3. The maximum Gasteiger partial charge on any atom is 0.163 e. The minimum Gasteiger partial charge on any atom is -0.512 e. The Balaban J connectivity index is 2.18. The minimum atomic E-state index is -1.09. The molecule has 1 atom stereocenters. The van der Waals surface area contributed by atoms with Crippen LogP contribution in [0.15, 0.2) is 29.5 Å². The summed E-state index contributed by atoms with van der Waals surface area (Å²) in [5.41, 5.74) is 0.404. The summed E-state index contributed by atoms with van der Waals surface area (Å²) >= 11 is 0. The van der Waals surface area contributed by atoms with Crippen molar-refractivity contribution < 1.29 is 24.6 Å². The Labute approximate surface area is 196 Å². The Morgan fingerprint density at radius 2 is 1.45 bits per heavy atom. The number of nitrogens with zero attached hydrogens (tertiary/aromatic N) is 1. The zero-order chi connectivity index (χ0) is 24.7. The largest absolute Gasteiger partial charge is 0.512 e. The van der Waals surface area contributed by atoms with Gasteiger partial charge in [-0.15, -0.1) is 0 Å². The number of allylic oxidation sites excluding steroid dienone is 2. The van der Waals surface area contributed by atoms with Crippen LogP contribution in [0.3, 0.4) is 0 Å². The predicted molar refractivity (Wildman–Crippen MR) is 129 cm³/mol. The van der Waals surface area contributed by atoms with Gasteiger partial charge in [-0.2, -0.15) is 0 Å². The Kier molecular flexibility index (Phi) is 6.79. The van der Waals surface area contributed by atoms with Crippen LogP contribution < -0.4 is 4.90 Å². The number of hydrogen-bond acceptors (Lipinski definition) is 6. The van der Waals surface area contributed by atoms with Gasteiger partial charge in [-0.25, -0.2) is 0 Å². The van der Waals surface area contributed by atoms with Gasteiger partial charge in [0.05, 0.1) is 5.92 Å². The predicted octanol–water partition coefficient (Wildman–Crippen LogP) is 5.10. The number of phenolic OH excluding ortho intramolecular Hbond substituents is 1. The topological polar surface area (TPSA) is 94.9 Å². The Bertz CT molecular complexity index is 980. The van der Waals surface area contributed by atoms with E-state index in [0.29, 0.717) is 5.56 Å². The highest BCUT2D eigenvalue weighted by Gasteiger charge is 2.49. The van der Waals surface area contributed by atoms with Crippen LogP contribution in [0.4, 0.5) is 5.69 Å². The second-order valence-corrected chi connectivity index (χ2v) is 11.1. The smallest absolute Gasteiger partial charge is 0.163 e. The molecule has 1 fully saturated rings. The summed E-state index contributed by atoms with van der Waals surface area (Å²) in [6.45, 7) is 13.1. The third-order valence-electron chi connectivity index (χ3n) is 7.02. The van der Waals surface area contributed by atoms with Gasteiger partial charge in [-0.3, -0.25) is 14.4 Å². The van der Waals surface area contributed by atoms with Crippen molar-refractivity contribution in [2.75, 3.05) is 18.0 Å². The molecule has 0 aromatic heterocycles. The van der Waals surface area contributed by atoms with Crippen molar-refractivity contribution in [2.24, 2.45) is 16.7 Å².